The quantitative estimate of drug-likeness (QED) is 0.301. The van der Waals surface area contributed by atoms with Crippen LogP contribution in [0.2, 0.25) is 0 Å². The van der Waals surface area contributed by atoms with Gasteiger partial charge in [-0.3, -0.25) is 0 Å². The molecular weight excluding hydrogens is 170 g/mol. The van der Waals surface area contributed by atoms with Gasteiger partial charge in [0.2, 0.25) is 0 Å². The molecule has 0 saturated carbocycles. The van der Waals surface area contributed by atoms with Crippen LogP contribution in [0.4, 0.5) is 0 Å². The molecule has 0 aromatic rings. The number of nitrogens with zero attached hydrogens (tertiary/aromatic N) is 1. The normalized spacial score (nSPS) is 12.1. The van der Waals surface area contributed by atoms with Gasteiger partial charge in [-0.2, -0.15) is 0 Å². The summed E-state index contributed by atoms with van der Waals surface area (Å²) >= 11 is 0. The monoisotopic (exact) mass is 198 g/mol. The van der Waals surface area contributed by atoms with Gasteiger partial charge < -0.3 is 0 Å². The Morgan fingerprint density at radius 2 is 1.50 bits per heavy atom. The summed E-state index contributed by atoms with van der Waals surface area (Å²) in [6.07, 6.45) is 13.2. The molecule has 0 N–H and O–H groups in total. The Kier molecular flexibility index (Phi) is 10.5. The summed E-state index contributed by atoms with van der Waals surface area (Å²) in [6.45, 7) is 5.74. The van der Waals surface area contributed by atoms with Gasteiger partial charge in [-0.05, 0) is 12.8 Å². The van der Waals surface area contributed by atoms with Crippen molar-refractivity contribution < 1.29 is 4.58 Å². The van der Waals surface area contributed by atoms with Crippen molar-refractivity contribution in [2.45, 2.75) is 65.2 Å². The molecule has 0 bridgehead atoms. The van der Waals surface area contributed by atoms with Gasteiger partial charge in [0, 0.05) is 12.8 Å². The van der Waals surface area contributed by atoms with Gasteiger partial charge in [0.15, 0.2) is 0 Å². The van der Waals surface area contributed by atoms with Gasteiger partial charge in [0.1, 0.15) is 19.8 Å². The Hall–Kier alpha value is -0.330. The van der Waals surface area contributed by atoms with Crippen molar-refractivity contribution in [3.63, 3.8) is 0 Å². The molecule has 0 spiro atoms. The van der Waals surface area contributed by atoms with Gasteiger partial charge in [0.05, 0.1) is 0 Å². The van der Waals surface area contributed by atoms with E-state index in [2.05, 4.69) is 31.7 Å². The SMILES string of the molecule is CCCC=[N+](C)CCCCCCCC. The average molecular weight is 198 g/mol. The molecule has 0 heterocycles. The molecular formula is C13H28N+. The Bertz CT molecular complexity index is 138. The van der Waals surface area contributed by atoms with Crippen LogP contribution in [-0.4, -0.2) is 24.4 Å². The fourth-order valence-electron chi connectivity index (χ4n) is 1.58. The van der Waals surface area contributed by atoms with Crippen LogP contribution in [0.3, 0.4) is 0 Å². The number of hydrogen-bond acceptors (Lipinski definition) is 0. The van der Waals surface area contributed by atoms with Gasteiger partial charge in [-0.1, -0.05) is 39.5 Å². The van der Waals surface area contributed by atoms with Gasteiger partial charge in [-0.25, -0.2) is 4.58 Å². The maximum absolute atomic E-state index is 2.35. The summed E-state index contributed by atoms with van der Waals surface area (Å²) < 4.78 is 2.35. The van der Waals surface area contributed by atoms with Crippen LogP contribution in [0.5, 0.6) is 0 Å². The highest BCUT2D eigenvalue weighted by Crippen LogP contribution is 2.04. The summed E-state index contributed by atoms with van der Waals surface area (Å²) in [4.78, 5) is 0. The zero-order valence-electron chi connectivity index (χ0n) is 10.4. The second-order valence-corrected chi connectivity index (χ2v) is 4.22. The molecule has 0 amide bonds. The molecule has 0 aromatic heterocycles. The lowest BCUT2D eigenvalue weighted by Gasteiger charge is -1.99. The molecule has 84 valence electrons. The molecule has 0 rings (SSSR count). The minimum absolute atomic E-state index is 1.23. The predicted molar refractivity (Wildman–Crippen MR) is 65.4 cm³/mol. The maximum Gasteiger partial charge on any atom is 0.142 e. The van der Waals surface area contributed by atoms with Crippen LogP contribution in [0, 0.1) is 0 Å². The van der Waals surface area contributed by atoms with E-state index in [1.165, 1.54) is 57.9 Å². The first-order valence-corrected chi connectivity index (χ1v) is 6.34. The molecule has 0 aliphatic heterocycles. The summed E-state index contributed by atoms with van der Waals surface area (Å²) in [5.74, 6) is 0. The lowest BCUT2D eigenvalue weighted by atomic mass is 10.1. The molecule has 0 aliphatic rings. The fraction of sp³-hybridized carbons (Fsp3) is 0.923. The van der Waals surface area contributed by atoms with E-state index in [9.17, 15) is 0 Å². The van der Waals surface area contributed by atoms with Crippen molar-refractivity contribution in [2.75, 3.05) is 13.6 Å². The second kappa shape index (κ2) is 10.7. The third-order valence-electron chi connectivity index (χ3n) is 2.59. The van der Waals surface area contributed by atoms with Crippen molar-refractivity contribution in [3.8, 4) is 0 Å². The lowest BCUT2D eigenvalue weighted by molar-refractivity contribution is -0.494. The molecule has 0 fully saturated rings. The van der Waals surface area contributed by atoms with Crippen molar-refractivity contribution in [1.82, 2.24) is 0 Å². The van der Waals surface area contributed by atoms with E-state index in [-0.39, 0.29) is 0 Å². The number of unbranched alkanes of at least 4 members (excludes halogenated alkanes) is 6. The summed E-state index contributed by atoms with van der Waals surface area (Å²) in [6, 6.07) is 0. The van der Waals surface area contributed by atoms with E-state index in [0.717, 1.165) is 0 Å². The predicted octanol–water partition coefficient (Wildman–Crippen LogP) is 3.86. The lowest BCUT2D eigenvalue weighted by Crippen LogP contribution is -2.08. The molecule has 0 radical (unpaired) electrons. The summed E-state index contributed by atoms with van der Waals surface area (Å²) in [5.41, 5.74) is 0. The Labute approximate surface area is 90.2 Å². The van der Waals surface area contributed by atoms with Gasteiger partial charge in [0.25, 0.3) is 0 Å². The standard InChI is InChI=1S/C13H28N/c1-4-6-8-9-10-11-13-14(3)12-7-5-2/h12H,4-11,13H2,1-3H3/q+1. The highest BCUT2D eigenvalue weighted by atomic mass is 14.9. The largest absolute Gasteiger partial charge is 0.242 e. The molecule has 0 saturated heterocycles. The van der Waals surface area contributed by atoms with E-state index >= 15 is 0 Å². The highest BCUT2D eigenvalue weighted by Gasteiger charge is 1.95. The van der Waals surface area contributed by atoms with Crippen LogP contribution in [0.15, 0.2) is 0 Å². The first kappa shape index (κ1) is 13.7. The van der Waals surface area contributed by atoms with Crippen molar-refractivity contribution in [3.05, 3.63) is 0 Å². The molecule has 0 unspecified atom stereocenters. The zero-order chi connectivity index (χ0) is 10.6. The third-order valence-corrected chi connectivity index (χ3v) is 2.59. The van der Waals surface area contributed by atoms with Crippen molar-refractivity contribution >= 4 is 6.21 Å². The fourth-order valence-corrected chi connectivity index (χ4v) is 1.58. The molecule has 1 heteroatoms. The van der Waals surface area contributed by atoms with E-state index in [1.54, 1.807) is 0 Å². The van der Waals surface area contributed by atoms with Crippen LogP contribution < -0.4 is 0 Å². The number of hydrogen-bond donors (Lipinski definition) is 0. The molecule has 1 nitrogen and oxygen atoms in total. The van der Waals surface area contributed by atoms with Gasteiger partial charge >= 0.3 is 0 Å². The minimum Gasteiger partial charge on any atom is -0.242 e. The second-order valence-electron chi connectivity index (χ2n) is 4.22. The Morgan fingerprint density at radius 3 is 2.14 bits per heavy atom. The zero-order valence-corrected chi connectivity index (χ0v) is 10.4. The Morgan fingerprint density at radius 1 is 0.857 bits per heavy atom. The smallest absolute Gasteiger partial charge is 0.142 e. The Balaban J connectivity index is 3.18. The van der Waals surface area contributed by atoms with Crippen LogP contribution >= 0.6 is 0 Å². The topological polar surface area (TPSA) is 3.01 Å². The summed E-state index contributed by atoms with van der Waals surface area (Å²) in [5, 5.41) is 0. The van der Waals surface area contributed by atoms with Crippen molar-refractivity contribution in [1.29, 1.82) is 0 Å². The van der Waals surface area contributed by atoms with E-state index < -0.39 is 0 Å². The summed E-state index contributed by atoms with van der Waals surface area (Å²) in [7, 11) is 2.20. The molecule has 14 heavy (non-hydrogen) atoms. The minimum atomic E-state index is 1.23. The molecule has 0 aromatic carbocycles. The van der Waals surface area contributed by atoms with Crippen molar-refractivity contribution in [2.24, 2.45) is 0 Å². The van der Waals surface area contributed by atoms with Crippen LogP contribution in [-0.2, 0) is 0 Å². The first-order chi connectivity index (χ1) is 6.81. The van der Waals surface area contributed by atoms with Crippen LogP contribution in [0.25, 0.3) is 0 Å². The van der Waals surface area contributed by atoms with Gasteiger partial charge in [-0.15, -0.1) is 0 Å². The third kappa shape index (κ3) is 9.76. The maximum atomic E-state index is 2.35. The molecule has 0 atom stereocenters. The first-order valence-electron chi connectivity index (χ1n) is 6.34. The number of rotatable bonds is 9. The molecule has 0 aliphatic carbocycles. The average Bonchev–Trinajstić information content (AvgIpc) is 2.20. The van der Waals surface area contributed by atoms with E-state index in [1.807, 2.05) is 0 Å². The van der Waals surface area contributed by atoms with E-state index in [0.29, 0.717) is 0 Å². The van der Waals surface area contributed by atoms with Crippen LogP contribution in [0.1, 0.15) is 65.2 Å². The highest BCUT2D eigenvalue weighted by molar-refractivity contribution is 5.50. The van der Waals surface area contributed by atoms with E-state index in [4.69, 9.17) is 0 Å².